The minimum absolute atomic E-state index is 0.224. The first-order valence-corrected chi connectivity index (χ1v) is 8.70. The molecule has 2 amide bonds. The van der Waals surface area contributed by atoms with Gasteiger partial charge >= 0.3 is 6.03 Å². The molecule has 26 heavy (non-hydrogen) atoms. The summed E-state index contributed by atoms with van der Waals surface area (Å²) in [6.07, 6.45) is 0. The number of amides is 2. The summed E-state index contributed by atoms with van der Waals surface area (Å²) in [7, 11) is 1.65. The van der Waals surface area contributed by atoms with Gasteiger partial charge in [-0.15, -0.1) is 0 Å². The van der Waals surface area contributed by atoms with Gasteiger partial charge in [0.15, 0.2) is 0 Å². The summed E-state index contributed by atoms with van der Waals surface area (Å²) in [6, 6.07) is 13.4. The number of hydrogen-bond acceptors (Lipinski definition) is 3. The number of carbonyl (C=O) groups is 1. The van der Waals surface area contributed by atoms with Crippen LogP contribution in [0.3, 0.4) is 0 Å². The van der Waals surface area contributed by atoms with Crippen LogP contribution in [0.2, 0.25) is 0 Å². The van der Waals surface area contributed by atoms with Crippen LogP contribution in [0.4, 0.5) is 16.2 Å². The van der Waals surface area contributed by atoms with E-state index < -0.39 is 0 Å². The van der Waals surface area contributed by atoms with E-state index in [4.69, 9.17) is 10.5 Å². The van der Waals surface area contributed by atoms with Crippen molar-refractivity contribution >= 4 is 28.3 Å². The average molecular weight is 352 g/mol. The van der Waals surface area contributed by atoms with Crippen LogP contribution in [0.1, 0.15) is 13.8 Å². The van der Waals surface area contributed by atoms with E-state index in [0.29, 0.717) is 6.54 Å². The normalized spacial score (nSPS) is 10.7. The Hall–Kier alpha value is -3.15. The highest BCUT2D eigenvalue weighted by Crippen LogP contribution is 2.38. The summed E-state index contributed by atoms with van der Waals surface area (Å²) >= 11 is 0. The Morgan fingerprint density at radius 3 is 2.69 bits per heavy atom. The summed E-state index contributed by atoms with van der Waals surface area (Å²) in [5.74, 6) is 0.794. The van der Waals surface area contributed by atoms with Crippen molar-refractivity contribution in [1.82, 2.24) is 9.88 Å². The first-order chi connectivity index (χ1) is 12.6. The molecular formula is C20H24N4O2. The van der Waals surface area contributed by atoms with Crippen molar-refractivity contribution in [2.75, 3.05) is 24.7 Å². The largest absolute Gasteiger partial charge is 0.497 e. The van der Waals surface area contributed by atoms with Crippen LogP contribution in [0.25, 0.3) is 22.2 Å². The Bertz CT molecular complexity index is 946. The third-order valence-electron chi connectivity index (χ3n) is 4.36. The van der Waals surface area contributed by atoms with E-state index >= 15 is 0 Å². The maximum atomic E-state index is 11.8. The molecule has 4 N–H and O–H groups in total. The number of aromatic nitrogens is 1. The Kier molecular flexibility index (Phi) is 5.02. The summed E-state index contributed by atoms with van der Waals surface area (Å²) < 4.78 is 7.52. The van der Waals surface area contributed by atoms with E-state index in [9.17, 15) is 4.79 Å². The fraction of sp³-hybridized carbons (Fsp3) is 0.250. The van der Waals surface area contributed by atoms with Gasteiger partial charge < -0.3 is 25.7 Å². The van der Waals surface area contributed by atoms with Gasteiger partial charge in [0.25, 0.3) is 0 Å². The molecule has 136 valence electrons. The molecule has 0 aliphatic rings. The van der Waals surface area contributed by atoms with Gasteiger partial charge in [0, 0.05) is 35.8 Å². The van der Waals surface area contributed by atoms with Gasteiger partial charge in [0.1, 0.15) is 5.75 Å². The minimum Gasteiger partial charge on any atom is -0.497 e. The Labute approximate surface area is 152 Å². The second kappa shape index (κ2) is 7.39. The Morgan fingerprint density at radius 1 is 1.19 bits per heavy atom. The maximum Gasteiger partial charge on any atom is 0.319 e. The molecule has 1 heterocycles. The number of rotatable bonds is 5. The van der Waals surface area contributed by atoms with E-state index in [1.54, 1.807) is 7.11 Å². The molecule has 6 nitrogen and oxygen atoms in total. The summed E-state index contributed by atoms with van der Waals surface area (Å²) in [5.41, 5.74) is 10.8. The molecule has 3 aromatic rings. The number of nitrogen functional groups attached to an aromatic ring is 1. The summed E-state index contributed by atoms with van der Waals surface area (Å²) in [5, 5.41) is 6.56. The average Bonchev–Trinajstić information content (AvgIpc) is 2.93. The highest BCUT2D eigenvalue weighted by atomic mass is 16.5. The second-order valence-corrected chi connectivity index (χ2v) is 5.95. The molecule has 0 saturated carbocycles. The zero-order chi connectivity index (χ0) is 18.7. The zero-order valence-electron chi connectivity index (χ0n) is 15.3. The van der Waals surface area contributed by atoms with E-state index in [-0.39, 0.29) is 6.03 Å². The zero-order valence-corrected chi connectivity index (χ0v) is 15.3. The van der Waals surface area contributed by atoms with Gasteiger partial charge in [-0.3, -0.25) is 0 Å². The van der Waals surface area contributed by atoms with Gasteiger partial charge in [0.05, 0.1) is 24.0 Å². The van der Waals surface area contributed by atoms with Crippen LogP contribution in [-0.4, -0.2) is 24.3 Å². The molecule has 3 rings (SSSR count). The topological polar surface area (TPSA) is 81.3 Å². The lowest BCUT2D eigenvalue weighted by Gasteiger charge is -2.11. The van der Waals surface area contributed by atoms with Crippen LogP contribution >= 0.6 is 0 Å². The van der Waals surface area contributed by atoms with Crippen molar-refractivity contribution in [3.05, 3.63) is 42.5 Å². The Morgan fingerprint density at radius 2 is 2.00 bits per heavy atom. The third kappa shape index (κ3) is 3.18. The number of nitrogens with two attached hydrogens (primary N) is 1. The standard InChI is InChI=1S/C20H24N4O2/c1-4-22-20(25)23-14-8-6-7-13(11-14)19-18(21)16-10-9-15(26-3)12-17(16)24(19)5-2/h6-12H,4-5,21H2,1-3H3,(H2,22,23,25). The summed E-state index contributed by atoms with van der Waals surface area (Å²) in [6.45, 7) is 5.30. The van der Waals surface area contributed by atoms with Gasteiger partial charge in [0.2, 0.25) is 0 Å². The SMILES string of the molecule is CCNC(=O)Nc1cccc(-c2c(N)c3ccc(OC)cc3n2CC)c1. The maximum absolute atomic E-state index is 11.8. The van der Waals surface area contributed by atoms with Crippen molar-refractivity contribution in [2.24, 2.45) is 0 Å². The Balaban J connectivity index is 2.10. The van der Waals surface area contributed by atoms with Crippen LogP contribution < -0.4 is 21.1 Å². The molecular weight excluding hydrogens is 328 g/mol. The molecule has 0 atom stereocenters. The molecule has 0 aliphatic heterocycles. The molecule has 2 aromatic carbocycles. The van der Waals surface area contributed by atoms with Crippen molar-refractivity contribution in [1.29, 1.82) is 0 Å². The monoisotopic (exact) mass is 352 g/mol. The lowest BCUT2D eigenvalue weighted by molar-refractivity contribution is 0.252. The number of methoxy groups -OCH3 is 1. The van der Waals surface area contributed by atoms with Gasteiger partial charge in [-0.25, -0.2) is 4.79 Å². The molecule has 0 saturated heterocycles. The van der Waals surface area contributed by atoms with Crippen molar-refractivity contribution in [3.63, 3.8) is 0 Å². The van der Waals surface area contributed by atoms with Crippen LogP contribution in [-0.2, 0) is 6.54 Å². The van der Waals surface area contributed by atoms with Crippen LogP contribution in [0.5, 0.6) is 5.75 Å². The highest BCUT2D eigenvalue weighted by molar-refractivity contribution is 6.02. The number of aryl methyl sites for hydroxylation is 1. The van der Waals surface area contributed by atoms with E-state index in [2.05, 4.69) is 22.1 Å². The van der Waals surface area contributed by atoms with Gasteiger partial charge in [-0.05, 0) is 38.1 Å². The number of nitrogens with one attached hydrogen (secondary N) is 2. The highest BCUT2D eigenvalue weighted by Gasteiger charge is 2.17. The fourth-order valence-electron chi connectivity index (χ4n) is 3.20. The predicted molar refractivity (Wildman–Crippen MR) is 107 cm³/mol. The molecule has 0 radical (unpaired) electrons. The van der Waals surface area contributed by atoms with Gasteiger partial charge in [-0.2, -0.15) is 0 Å². The summed E-state index contributed by atoms with van der Waals surface area (Å²) in [4.78, 5) is 11.8. The molecule has 0 fully saturated rings. The van der Waals surface area contributed by atoms with Gasteiger partial charge in [-0.1, -0.05) is 12.1 Å². The minimum atomic E-state index is -0.224. The van der Waals surface area contributed by atoms with E-state index in [0.717, 1.165) is 45.8 Å². The lowest BCUT2D eigenvalue weighted by atomic mass is 10.1. The van der Waals surface area contributed by atoms with Crippen LogP contribution in [0.15, 0.2) is 42.5 Å². The number of hydrogen-bond donors (Lipinski definition) is 3. The van der Waals surface area contributed by atoms with E-state index in [1.807, 2.05) is 49.4 Å². The third-order valence-corrected chi connectivity index (χ3v) is 4.36. The van der Waals surface area contributed by atoms with Crippen molar-refractivity contribution in [3.8, 4) is 17.0 Å². The number of carbonyl (C=O) groups excluding carboxylic acids is 1. The second-order valence-electron chi connectivity index (χ2n) is 5.95. The van der Waals surface area contributed by atoms with Crippen molar-refractivity contribution in [2.45, 2.75) is 20.4 Å². The smallest absolute Gasteiger partial charge is 0.319 e. The molecule has 0 spiro atoms. The number of ether oxygens (including phenoxy) is 1. The number of nitrogens with zero attached hydrogens (tertiary/aromatic N) is 1. The molecule has 1 aromatic heterocycles. The van der Waals surface area contributed by atoms with Crippen molar-refractivity contribution < 1.29 is 9.53 Å². The number of fused-ring (bicyclic) bond motifs is 1. The first kappa shape index (κ1) is 17.7. The lowest BCUT2D eigenvalue weighted by Crippen LogP contribution is -2.28. The molecule has 0 unspecified atom stereocenters. The first-order valence-electron chi connectivity index (χ1n) is 8.70. The van der Waals surface area contributed by atoms with E-state index in [1.165, 1.54) is 0 Å². The molecule has 6 heteroatoms. The fourth-order valence-corrected chi connectivity index (χ4v) is 3.20. The molecule has 0 bridgehead atoms. The number of benzene rings is 2. The van der Waals surface area contributed by atoms with Crippen LogP contribution in [0, 0.1) is 0 Å². The quantitative estimate of drug-likeness (QED) is 0.648. The molecule has 0 aliphatic carbocycles. The number of urea groups is 1. The predicted octanol–water partition coefficient (Wildman–Crippen LogP) is 4.06. The number of anilines is 2.